The third kappa shape index (κ3) is 2.40. The van der Waals surface area contributed by atoms with E-state index in [-0.39, 0.29) is 0 Å². The van der Waals surface area contributed by atoms with E-state index < -0.39 is 0 Å². The Bertz CT molecular complexity index is 369. The molecule has 0 aliphatic heterocycles. The summed E-state index contributed by atoms with van der Waals surface area (Å²) in [6.45, 7) is 10.3. The van der Waals surface area contributed by atoms with Crippen LogP contribution >= 0.6 is 0 Å². The van der Waals surface area contributed by atoms with Gasteiger partial charge in [0.1, 0.15) is 5.75 Å². The molecule has 0 aromatic heterocycles. The van der Waals surface area contributed by atoms with Crippen LogP contribution in [-0.4, -0.2) is 6.61 Å². The van der Waals surface area contributed by atoms with E-state index in [2.05, 4.69) is 20.1 Å². The summed E-state index contributed by atoms with van der Waals surface area (Å²) in [5.41, 5.74) is 8.33. The molecule has 1 rings (SSSR count). The zero-order valence-corrected chi connectivity index (χ0v) is 9.12. The monoisotopic (exact) mass is 203 g/mol. The number of rotatable bonds is 5. The van der Waals surface area contributed by atoms with Crippen LogP contribution in [0.3, 0.4) is 0 Å². The minimum absolute atomic E-state index is 0.696. The predicted molar refractivity (Wildman–Crippen MR) is 66.8 cm³/mol. The molecule has 0 fully saturated rings. The quantitative estimate of drug-likeness (QED) is 0.745. The van der Waals surface area contributed by atoms with E-state index in [4.69, 9.17) is 10.5 Å². The van der Waals surface area contributed by atoms with Crippen molar-refractivity contribution in [2.45, 2.75) is 13.3 Å². The summed E-state index contributed by atoms with van der Waals surface area (Å²) >= 11 is 0. The molecule has 0 heterocycles. The lowest BCUT2D eigenvalue weighted by atomic mass is 10.0. The Kier molecular flexibility index (Phi) is 3.98. The number of benzene rings is 1. The van der Waals surface area contributed by atoms with Gasteiger partial charge in [-0.05, 0) is 18.6 Å². The molecular weight excluding hydrogens is 186 g/mol. The summed E-state index contributed by atoms with van der Waals surface area (Å²) in [4.78, 5) is 0. The molecule has 0 amide bonds. The third-order valence-corrected chi connectivity index (χ3v) is 2.15. The standard InChI is InChI=1S/C13H17NO/c1-4-9-15-13-8-7-12(14)10(5-2)11(13)6-3/h5-8H,2-4,9,14H2,1H3. The van der Waals surface area contributed by atoms with Crippen LogP contribution in [0.1, 0.15) is 24.5 Å². The second-order valence-corrected chi connectivity index (χ2v) is 3.24. The summed E-state index contributed by atoms with van der Waals surface area (Å²) in [5, 5.41) is 0. The van der Waals surface area contributed by atoms with E-state index in [1.807, 2.05) is 12.1 Å². The fraction of sp³-hybridized carbons (Fsp3) is 0.231. The minimum Gasteiger partial charge on any atom is -0.493 e. The molecular formula is C13H17NO. The van der Waals surface area contributed by atoms with Crippen molar-refractivity contribution in [1.82, 2.24) is 0 Å². The fourth-order valence-corrected chi connectivity index (χ4v) is 1.41. The van der Waals surface area contributed by atoms with Crippen molar-refractivity contribution in [2.24, 2.45) is 0 Å². The average molecular weight is 203 g/mol. The van der Waals surface area contributed by atoms with Crippen molar-refractivity contribution in [2.75, 3.05) is 12.3 Å². The van der Waals surface area contributed by atoms with E-state index in [0.717, 1.165) is 23.3 Å². The molecule has 2 heteroatoms. The second kappa shape index (κ2) is 5.25. The Morgan fingerprint density at radius 1 is 1.27 bits per heavy atom. The number of nitrogen functional groups attached to an aromatic ring is 1. The number of ether oxygens (including phenoxy) is 1. The topological polar surface area (TPSA) is 35.2 Å². The SMILES string of the molecule is C=Cc1c(N)ccc(OCCC)c1C=C. The van der Waals surface area contributed by atoms with Gasteiger partial charge < -0.3 is 10.5 Å². The van der Waals surface area contributed by atoms with Crippen LogP contribution < -0.4 is 10.5 Å². The molecule has 0 saturated heterocycles. The molecule has 0 spiro atoms. The lowest BCUT2D eigenvalue weighted by Crippen LogP contribution is -2.00. The molecule has 15 heavy (non-hydrogen) atoms. The molecule has 0 aliphatic rings. The second-order valence-electron chi connectivity index (χ2n) is 3.24. The van der Waals surface area contributed by atoms with E-state index in [1.165, 1.54) is 0 Å². The fourth-order valence-electron chi connectivity index (χ4n) is 1.41. The maximum atomic E-state index is 5.83. The van der Waals surface area contributed by atoms with Gasteiger partial charge in [0, 0.05) is 16.8 Å². The molecule has 2 N–H and O–H groups in total. The van der Waals surface area contributed by atoms with Crippen molar-refractivity contribution in [3.05, 3.63) is 36.4 Å². The van der Waals surface area contributed by atoms with Crippen molar-refractivity contribution in [3.63, 3.8) is 0 Å². The molecule has 0 bridgehead atoms. The number of hydrogen-bond donors (Lipinski definition) is 1. The largest absolute Gasteiger partial charge is 0.493 e. The zero-order chi connectivity index (χ0) is 11.3. The highest BCUT2D eigenvalue weighted by Crippen LogP contribution is 2.29. The van der Waals surface area contributed by atoms with Crippen LogP contribution in [0.2, 0.25) is 0 Å². The first-order chi connectivity index (χ1) is 7.24. The molecule has 1 aromatic rings. The Labute approximate surface area is 91.1 Å². The smallest absolute Gasteiger partial charge is 0.127 e. The van der Waals surface area contributed by atoms with Crippen LogP contribution in [0.15, 0.2) is 25.3 Å². The molecule has 0 aliphatic carbocycles. The normalized spacial score (nSPS) is 9.67. The third-order valence-electron chi connectivity index (χ3n) is 2.15. The first-order valence-electron chi connectivity index (χ1n) is 5.04. The lowest BCUT2D eigenvalue weighted by molar-refractivity contribution is 0.317. The van der Waals surface area contributed by atoms with Gasteiger partial charge >= 0.3 is 0 Å². The highest BCUT2D eigenvalue weighted by molar-refractivity contribution is 5.77. The molecule has 80 valence electrons. The van der Waals surface area contributed by atoms with Crippen molar-refractivity contribution in [3.8, 4) is 5.75 Å². The van der Waals surface area contributed by atoms with Crippen LogP contribution in [0, 0.1) is 0 Å². The van der Waals surface area contributed by atoms with Crippen molar-refractivity contribution >= 4 is 17.8 Å². The van der Waals surface area contributed by atoms with Gasteiger partial charge in [-0.25, -0.2) is 0 Å². The van der Waals surface area contributed by atoms with Crippen LogP contribution in [-0.2, 0) is 0 Å². The Balaban J connectivity index is 3.16. The first-order valence-corrected chi connectivity index (χ1v) is 5.04. The molecule has 0 saturated carbocycles. The number of anilines is 1. The maximum absolute atomic E-state index is 5.83. The molecule has 2 nitrogen and oxygen atoms in total. The van der Waals surface area contributed by atoms with Gasteiger partial charge in [-0.2, -0.15) is 0 Å². The number of hydrogen-bond acceptors (Lipinski definition) is 2. The van der Waals surface area contributed by atoms with Crippen LogP contribution in [0.25, 0.3) is 12.2 Å². The Hall–Kier alpha value is -1.70. The summed E-state index contributed by atoms with van der Waals surface area (Å²) in [6, 6.07) is 3.70. The average Bonchev–Trinajstić information content (AvgIpc) is 2.26. The zero-order valence-electron chi connectivity index (χ0n) is 9.12. The Morgan fingerprint density at radius 3 is 2.47 bits per heavy atom. The van der Waals surface area contributed by atoms with Crippen molar-refractivity contribution in [1.29, 1.82) is 0 Å². The molecule has 0 atom stereocenters. The van der Waals surface area contributed by atoms with Crippen LogP contribution in [0.4, 0.5) is 5.69 Å². The maximum Gasteiger partial charge on any atom is 0.127 e. The molecule has 1 aromatic carbocycles. The highest BCUT2D eigenvalue weighted by Gasteiger charge is 2.07. The Morgan fingerprint density at radius 2 is 1.93 bits per heavy atom. The minimum atomic E-state index is 0.696. The van der Waals surface area contributed by atoms with Crippen molar-refractivity contribution < 1.29 is 4.74 Å². The van der Waals surface area contributed by atoms with Gasteiger partial charge in [-0.1, -0.05) is 32.2 Å². The summed E-state index contributed by atoms with van der Waals surface area (Å²) in [5.74, 6) is 0.816. The molecule has 0 radical (unpaired) electrons. The summed E-state index contributed by atoms with van der Waals surface area (Å²) in [7, 11) is 0. The summed E-state index contributed by atoms with van der Waals surface area (Å²) < 4.78 is 5.60. The van der Waals surface area contributed by atoms with Gasteiger partial charge in [-0.3, -0.25) is 0 Å². The van der Waals surface area contributed by atoms with Gasteiger partial charge in [0.25, 0.3) is 0 Å². The van der Waals surface area contributed by atoms with Crippen LogP contribution in [0.5, 0.6) is 5.75 Å². The van der Waals surface area contributed by atoms with E-state index in [1.54, 1.807) is 12.2 Å². The lowest BCUT2D eigenvalue weighted by Gasteiger charge is -2.12. The van der Waals surface area contributed by atoms with Gasteiger partial charge in [0.05, 0.1) is 6.61 Å². The predicted octanol–water partition coefficient (Wildman–Crippen LogP) is 3.34. The highest BCUT2D eigenvalue weighted by atomic mass is 16.5. The number of nitrogens with two attached hydrogens (primary N) is 1. The van der Waals surface area contributed by atoms with E-state index in [0.29, 0.717) is 12.3 Å². The molecule has 0 unspecified atom stereocenters. The van der Waals surface area contributed by atoms with Gasteiger partial charge in [-0.15, -0.1) is 0 Å². The van der Waals surface area contributed by atoms with E-state index in [9.17, 15) is 0 Å². The first kappa shape index (κ1) is 11.4. The summed E-state index contributed by atoms with van der Waals surface area (Å²) in [6.07, 6.45) is 4.45. The van der Waals surface area contributed by atoms with Gasteiger partial charge in [0.2, 0.25) is 0 Å². The van der Waals surface area contributed by atoms with E-state index >= 15 is 0 Å². The van der Waals surface area contributed by atoms with Gasteiger partial charge in [0.15, 0.2) is 0 Å².